The molecule has 0 amide bonds. The molecule has 0 spiro atoms. The molecule has 1 aromatic heterocycles. The number of fused-ring (bicyclic) bond motifs is 1. The van der Waals surface area contributed by atoms with Crippen LogP contribution in [0.3, 0.4) is 0 Å². The lowest BCUT2D eigenvalue weighted by Crippen LogP contribution is -1.83. The minimum Gasteiger partial charge on any atom is -0.350 e. The second kappa shape index (κ2) is 4.08. The first kappa shape index (κ1) is 9.78. The molecular formula is C11H14FN. The fraction of sp³-hybridized carbons (Fsp3) is 0.273. The number of nitrogens with zero attached hydrogens (tertiary/aromatic N) is 1. The van der Waals surface area contributed by atoms with E-state index < -0.39 is 0 Å². The summed E-state index contributed by atoms with van der Waals surface area (Å²) in [5, 5.41) is 1.08. The van der Waals surface area contributed by atoms with E-state index in [-0.39, 0.29) is 5.82 Å². The molecule has 2 rings (SSSR count). The number of halogens is 1. The topological polar surface area (TPSA) is 4.93 Å². The first-order chi connectivity index (χ1) is 6.27. The molecule has 2 aromatic rings. The van der Waals surface area contributed by atoms with Crippen molar-refractivity contribution < 1.29 is 4.39 Å². The van der Waals surface area contributed by atoms with Crippen LogP contribution < -0.4 is 0 Å². The fourth-order valence-corrected chi connectivity index (χ4v) is 1.24. The van der Waals surface area contributed by atoms with E-state index in [0.717, 1.165) is 10.9 Å². The quantitative estimate of drug-likeness (QED) is 0.584. The standard InChI is InChI=1S/C9H8FN.C2H6/c1-11-5-4-7-2-3-8(10)6-9(7)11;1-2/h2-6H,1H3;1-2H3. The van der Waals surface area contributed by atoms with Gasteiger partial charge in [-0.1, -0.05) is 13.8 Å². The van der Waals surface area contributed by atoms with Gasteiger partial charge in [0, 0.05) is 13.2 Å². The number of aryl methyl sites for hydroxylation is 1. The molecule has 70 valence electrons. The maximum Gasteiger partial charge on any atom is 0.125 e. The Morgan fingerprint density at radius 1 is 1.15 bits per heavy atom. The summed E-state index contributed by atoms with van der Waals surface area (Å²) >= 11 is 0. The van der Waals surface area contributed by atoms with E-state index in [1.165, 1.54) is 12.1 Å². The molecule has 0 saturated heterocycles. The number of aromatic nitrogens is 1. The normalized spacial score (nSPS) is 9.54. The summed E-state index contributed by atoms with van der Waals surface area (Å²) in [6.45, 7) is 4.00. The molecule has 0 fully saturated rings. The highest BCUT2D eigenvalue weighted by Crippen LogP contribution is 2.15. The van der Waals surface area contributed by atoms with Crippen molar-refractivity contribution in [1.29, 1.82) is 0 Å². The summed E-state index contributed by atoms with van der Waals surface area (Å²) in [5.41, 5.74) is 0.935. The molecule has 0 N–H and O–H groups in total. The number of benzene rings is 1. The van der Waals surface area contributed by atoms with Gasteiger partial charge < -0.3 is 4.57 Å². The number of hydrogen-bond acceptors (Lipinski definition) is 0. The molecule has 0 aliphatic rings. The zero-order chi connectivity index (χ0) is 9.84. The van der Waals surface area contributed by atoms with Crippen molar-refractivity contribution in [2.45, 2.75) is 13.8 Å². The molecule has 0 saturated carbocycles. The molecule has 1 heterocycles. The van der Waals surface area contributed by atoms with Gasteiger partial charge in [-0.15, -0.1) is 0 Å². The summed E-state index contributed by atoms with van der Waals surface area (Å²) < 4.78 is 14.6. The van der Waals surface area contributed by atoms with Crippen LogP contribution in [0, 0.1) is 5.82 Å². The lowest BCUT2D eigenvalue weighted by atomic mass is 10.2. The van der Waals surface area contributed by atoms with Gasteiger partial charge in [0.2, 0.25) is 0 Å². The Morgan fingerprint density at radius 3 is 2.54 bits per heavy atom. The van der Waals surface area contributed by atoms with Crippen molar-refractivity contribution in [3.63, 3.8) is 0 Å². The van der Waals surface area contributed by atoms with Gasteiger partial charge in [0.1, 0.15) is 5.82 Å². The van der Waals surface area contributed by atoms with Crippen molar-refractivity contribution in [2.75, 3.05) is 0 Å². The summed E-state index contributed by atoms with van der Waals surface area (Å²) in [6, 6.07) is 6.76. The molecule has 2 heteroatoms. The van der Waals surface area contributed by atoms with E-state index >= 15 is 0 Å². The van der Waals surface area contributed by atoms with E-state index in [4.69, 9.17) is 0 Å². The van der Waals surface area contributed by atoms with Gasteiger partial charge in [0.05, 0.1) is 5.52 Å². The molecular weight excluding hydrogens is 165 g/mol. The number of hydrogen-bond donors (Lipinski definition) is 0. The summed E-state index contributed by atoms with van der Waals surface area (Å²) in [6.07, 6.45) is 1.92. The van der Waals surface area contributed by atoms with Crippen LogP contribution in [-0.2, 0) is 7.05 Å². The monoisotopic (exact) mass is 179 g/mol. The molecule has 0 unspecified atom stereocenters. The average molecular weight is 179 g/mol. The zero-order valence-electron chi connectivity index (χ0n) is 8.21. The van der Waals surface area contributed by atoms with Crippen molar-refractivity contribution >= 4 is 10.9 Å². The minimum atomic E-state index is -0.181. The van der Waals surface area contributed by atoms with Crippen LogP contribution in [0.15, 0.2) is 30.5 Å². The van der Waals surface area contributed by atoms with Gasteiger partial charge in [-0.05, 0) is 29.7 Å². The Kier molecular flexibility index (Phi) is 3.07. The second-order valence-electron chi connectivity index (χ2n) is 2.63. The van der Waals surface area contributed by atoms with Crippen LogP contribution in [0.2, 0.25) is 0 Å². The van der Waals surface area contributed by atoms with Crippen LogP contribution in [-0.4, -0.2) is 4.57 Å². The molecule has 0 aliphatic carbocycles. The van der Waals surface area contributed by atoms with Crippen LogP contribution in [0.25, 0.3) is 10.9 Å². The highest BCUT2D eigenvalue weighted by Gasteiger charge is 1.97. The molecule has 0 aliphatic heterocycles. The predicted octanol–water partition coefficient (Wildman–Crippen LogP) is 3.34. The molecule has 1 nitrogen and oxygen atoms in total. The number of rotatable bonds is 0. The summed E-state index contributed by atoms with van der Waals surface area (Å²) in [5.74, 6) is -0.181. The van der Waals surface area contributed by atoms with Crippen molar-refractivity contribution in [3.05, 3.63) is 36.3 Å². The minimum absolute atomic E-state index is 0.181. The van der Waals surface area contributed by atoms with Gasteiger partial charge in [0.25, 0.3) is 0 Å². The van der Waals surface area contributed by atoms with Crippen molar-refractivity contribution in [1.82, 2.24) is 4.57 Å². The second-order valence-corrected chi connectivity index (χ2v) is 2.63. The third-order valence-corrected chi connectivity index (χ3v) is 1.85. The van der Waals surface area contributed by atoms with Crippen LogP contribution in [0.1, 0.15) is 13.8 Å². The summed E-state index contributed by atoms with van der Waals surface area (Å²) in [4.78, 5) is 0. The fourth-order valence-electron chi connectivity index (χ4n) is 1.24. The van der Waals surface area contributed by atoms with Gasteiger partial charge in [-0.25, -0.2) is 4.39 Å². The first-order valence-electron chi connectivity index (χ1n) is 4.48. The Balaban J connectivity index is 0.000000396. The average Bonchev–Trinajstić information content (AvgIpc) is 2.52. The molecule has 1 aromatic carbocycles. The van der Waals surface area contributed by atoms with E-state index in [0.29, 0.717) is 0 Å². The van der Waals surface area contributed by atoms with Gasteiger partial charge in [-0.2, -0.15) is 0 Å². The van der Waals surface area contributed by atoms with Gasteiger partial charge in [-0.3, -0.25) is 0 Å². The van der Waals surface area contributed by atoms with Crippen molar-refractivity contribution in [3.8, 4) is 0 Å². The Morgan fingerprint density at radius 2 is 1.85 bits per heavy atom. The summed E-state index contributed by atoms with van der Waals surface area (Å²) in [7, 11) is 1.90. The predicted molar refractivity (Wildman–Crippen MR) is 54.2 cm³/mol. The Hall–Kier alpha value is -1.31. The van der Waals surface area contributed by atoms with E-state index in [1.807, 2.05) is 37.7 Å². The molecule has 0 atom stereocenters. The van der Waals surface area contributed by atoms with Crippen LogP contribution in [0.5, 0.6) is 0 Å². The lowest BCUT2D eigenvalue weighted by Gasteiger charge is -1.94. The van der Waals surface area contributed by atoms with Crippen molar-refractivity contribution in [2.24, 2.45) is 7.05 Å². The van der Waals surface area contributed by atoms with E-state index in [9.17, 15) is 4.39 Å². The molecule has 0 bridgehead atoms. The van der Waals surface area contributed by atoms with E-state index in [2.05, 4.69) is 0 Å². The Labute approximate surface area is 77.8 Å². The van der Waals surface area contributed by atoms with Crippen LogP contribution in [0.4, 0.5) is 4.39 Å². The first-order valence-corrected chi connectivity index (χ1v) is 4.48. The third-order valence-electron chi connectivity index (χ3n) is 1.85. The SMILES string of the molecule is CC.Cn1ccc2ccc(F)cc21. The van der Waals surface area contributed by atoms with E-state index in [1.54, 1.807) is 6.07 Å². The largest absolute Gasteiger partial charge is 0.350 e. The highest BCUT2D eigenvalue weighted by molar-refractivity contribution is 5.79. The lowest BCUT2D eigenvalue weighted by molar-refractivity contribution is 0.629. The van der Waals surface area contributed by atoms with Gasteiger partial charge in [0.15, 0.2) is 0 Å². The van der Waals surface area contributed by atoms with Crippen LogP contribution >= 0.6 is 0 Å². The smallest absolute Gasteiger partial charge is 0.125 e. The zero-order valence-corrected chi connectivity index (χ0v) is 8.21. The Bertz CT molecular complexity index is 390. The van der Waals surface area contributed by atoms with Gasteiger partial charge >= 0.3 is 0 Å². The molecule has 13 heavy (non-hydrogen) atoms. The highest BCUT2D eigenvalue weighted by atomic mass is 19.1. The maximum atomic E-state index is 12.7. The molecule has 0 radical (unpaired) electrons. The third kappa shape index (κ3) is 1.89. The maximum absolute atomic E-state index is 12.7.